The van der Waals surface area contributed by atoms with Crippen LogP contribution in [0.5, 0.6) is 0 Å². The van der Waals surface area contributed by atoms with E-state index in [4.69, 9.17) is 5.26 Å². The van der Waals surface area contributed by atoms with Crippen LogP contribution >= 0.6 is 0 Å². The fourth-order valence-corrected chi connectivity index (χ4v) is 6.10. The zero-order valence-electron chi connectivity index (χ0n) is 19.0. The lowest BCUT2D eigenvalue weighted by atomic mass is 10.1. The highest BCUT2D eigenvalue weighted by Crippen LogP contribution is 2.23. The van der Waals surface area contributed by atoms with Gasteiger partial charge in [-0.3, -0.25) is 4.90 Å². The van der Waals surface area contributed by atoms with Gasteiger partial charge in [-0.15, -0.1) is 0 Å². The summed E-state index contributed by atoms with van der Waals surface area (Å²) < 4.78 is 29.8. The molecule has 1 aromatic heterocycles. The van der Waals surface area contributed by atoms with Crippen LogP contribution in [0.3, 0.4) is 0 Å². The van der Waals surface area contributed by atoms with E-state index in [-0.39, 0.29) is 17.8 Å². The van der Waals surface area contributed by atoms with Crippen LogP contribution in [0.2, 0.25) is 0 Å². The van der Waals surface area contributed by atoms with E-state index in [1.54, 1.807) is 4.31 Å². The highest BCUT2D eigenvalue weighted by molar-refractivity contribution is 7.88. The van der Waals surface area contributed by atoms with Gasteiger partial charge in [0, 0.05) is 44.5 Å². The first-order valence-corrected chi connectivity index (χ1v) is 12.7. The fraction of sp³-hybridized carbons (Fsp3) is 0.360. The van der Waals surface area contributed by atoms with Crippen LogP contribution in [-0.2, 0) is 28.9 Å². The van der Waals surface area contributed by atoms with Gasteiger partial charge in [-0.25, -0.2) is 13.4 Å². The maximum atomic E-state index is 13.0. The first-order chi connectivity index (χ1) is 15.9. The highest BCUT2D eigenvalue weighted by atomic mass is 32.2. The third kappa shape index (κ3) is 5.50. The summed E-state index contributed by atoms with van der Waals surface area (Å²) in [5, 5.41) is 8.99. The summed E-state index contributed by atoms with van der Waals surface area (Å²) >= 11 is 0. The Kier molecular flexibility index (Phi) is 6.94. The third-order valence-electron chi connectivity index (χ3n) is 6.23. The van der Waals surface area contributed by atoms with E-state index < -0.39 is 10.0 Å². The summed E-state index contributed by atoms with van der Waals surface area (Å²) in [6.07, 6.45) is 3.70. The van der Waals surface area contributed by atoms with Crippen molar-refractivity contribution in [3.05, 3.63) is 89.5 Å². The number of nitriles is 1. The molecule has 33 heavy (non-hydrogen) atoms. The van der Waals surface area contributed by atoms with Gasteiger partial charge in [0.2, 0.25) is 10.0 Å². The topological polar surface area (TPSA) is 82.2 Å². The molecule has 1 saturated heterocycles. The first kappa shape index (κ1) is 23.2. The molecular weight excluding hydrogens is 434 g/mol. The molecule has 2 heterocycles. The fourth-order valence-electron chi connectivity index (χ4n) is 4.41. The number of hydrogen-bond acceptors (Lipinski definition) is 5. The number of hydrogen-bond donors (Lipinski definition) is 0. The lowest BCUT2D eigenvalue weighted by molar-refractivity contribution is 0.0677. The van der Waals surface area contributed by atoms with Crippen molar-refractivity contribution in [1.82, 2.24) is 18.8 Å². The summed E-state index contributed by atoms with van der Waals surface area (Å²) in [5.41, 5.74) is 3.64. The van der Waals surface area contributed by atoms with Crippen molar-refractivity contribution in [1.29, 1.82) is 5.26 Å². The van der Waals surface area contributed by atoms with E-state index in [1.807, 2.05) is 67.1 Å². The third-order valence-corrected chi connectivity index (χ3v) is 8.02. The molecule has 0 radical (unpaired) electrons. The molecule has 2 atom stereocenters. The maximum Gasteiger partial charge on any atom is 0.218 e. The molecule has 3 aromatic rings. The van der Waals surface area contributed by atoms with Gasteiger partial charge >= 0.3 is 0 Å². The predicted molar refractivity (Wildman–Crippen MR) is 128 cm³/mol. The van der Waals surface area contributed by atoms with Crippen molar-refractivity contribution in [2.24, 2.45) is 0 Å². The number of nitrogens with zero attached hydrogens (tertiary/aromatic N) is 5. The Morgan fingerprint density at radius 1 is 0.970 bits per heavy atom. The van der Waals surface area contributed by atoms with Crippen LogP contribution in [0, 0.1) is 11.3 Å². The molecule has 0 spiro atoms. The molecule has 0 bridgehead atoms. The van der Waals surface area contributed by atoms with Crippen LogP contribution in [-0.4, -0.2) is 52.3 Å². The number of piperazine rings is 1. The van der Waals surface area contributed by atoms with Crippen LogP contribution in [0.15, 0.2) is 67.1 Å². The average molecular weight is 464 g/mol. The standard InChI is InChI=1S/C25H29N5O2S/c1-20-14-29(33(31,32)18-24-6-4-3-5-7-24)15-21(2)30(20)17-25-13-27-19-28(25)16-23-10-8-22(12-26)9-11-23/h3-11,13,19-21H,14-18H2,1-2H3. The van der Waals surface area contributed by atoms with Crippen LogP contribution in [0.1, 0.15) is 36.2 Å². The van der Waals surface area contributed by atoms with Crippen molar-refractivity contribution < 1.29 is 8.42 Å². The highest BCUT2D eigenvalue weighted by Gasteiger charge is 2.35. The zero-order valence-corrected chi connectivity index (χ0v) is 19.8. The van der Waals surface area contributed by atoms with Crippen molar-refractivity contribution in [2.45, 2.75) is 44.8 Å². The van der Waals surface area contributed by atoms with Crippen molar-refractivity contribution >= 4 is 10.0 Å². The number of benzene rings is 2. The molecule has 172 valence electrons. The number of sulfonamides is 1. The van der Waals surface area contributed by atoms with Gasteiger partial charge < -0.3 is 4.57 Å². The predicted octanol–water partition coefficient (Wildman–Crippen LogP) is 3.23. The second-order valence-electron chi connectivity index (χ2n) is 8.75. The minimum Gasteiger partial charge on any atom is -0.329 e. The van der Waals surface area contributed by atoms with Gasteiger partial charge in [0.05, 0.1) is 29.4 Å². The van der Waals surface area contributed by atoms with Crippen molar-refractivity contribution in [3.63, 3.8) is 0 Å². The minimum atomic E-state index is -3.38. The molecule has 0 N–H and O–H groups in total. The Balaban J connectivity index is 1.42. The lowest BCUT2D eigenvalue weighted by Crippen LogP contribution is -2.57. The number of rotatable bonds is 7. The Morgan fingerprint density at radius 2 is 1.64 bits per heavy atom. The summed E-state index contributed by atoms with van der Waals surface area (Å²) in [4.78, 5) is 6.69. The molecule has 1 fully saturated rings. The minimum absolute atomic E-state index is 0.0324. The van der Waals surface area contributed by atoms with E-state index in [0.29, 0.717) is 31.7 Å². The molecule has 0 saturated carbocycles. The van der Waals surface area contributed by atoms with Crippen LogP contribution < -0.4 is 0 Å². The van der Waals surface area contributed by atoms with Gasteiger partial charge in [0.25, 0.3) is 0 Å². The molecule has 0 aliphatic carbocycles. The molecule has 4 rings (SSSR count). The Bertz CT molecular complexity index is 1200. The largest absolute Gasteiger partial charge is 0.329 e. The van der Waals surface area contributed by atoms with Gasteiger partial charge in [-0.1, -0.05) is 42.5 Å². The lowest BCUT2D eigenvalue weighted by Gasteiger charge is -2.43. The Morgan fingerprint density at radius 3 is 2.27 bits per heavy atom. The van der Waals surface area contributed by atoms with Gasteiger partial charge in [-0.2, -0.15) is 9.57 Å². The quantitative estimate of drug-likeness (QED) is 0.537. The van der Waals surface area contributed by atoms with Crippen molar-refractivity contribution in [2.75, 3.05) is 13.1 Å². The van der Waals surface area contributed by atoms with Gasteiger partial charge in [-0.05, 0) is 37.1 Å². The molecule has 0 amide bonds. The average Bonchev–Trinajstić information content (AvgIpc) is 3.23. The summed E-state index contributed by atoms with van der Waals surface area (Å²) in [7, 11) is -3.38. The van der Waals surface area contributed by atoms with E-state index in [9.17, 15) is 8.42 Å². The van der Waals surface area contributed by atoms with Gasteiger partial charge in [0.1, 0.15) is 0 Å². The second kappa shape index (κ2) is 9.87. The normalized spacial score (nSPS) is 19.9. The molecule has 1 aliphatic rings. The number of aromatic nitrogens is 2. The molecule has 2 aromatic carbocycles. The zero-order chi connectivity index (χ0) is 23.4. The number of imidazole rings is 1. The van der Waals surface area contributed by atoms with Crippen molar-refractivity contribution in [3.8, 4) is 6.07 Å². The molecule has 7 nitrogen and oxygen atoms in total. The molecule has 2 unspecified atom stereocenters. The van der Waals surface area contributed by atoms with E-state index in [0.717, 1.165) is 16.8 Å². The molecule has 8 heteroatoms. The summed E-state index contributed by atoms with van der Waals surface area (Å²) in [5.74, 6) is 0.0324. The second-order valence-corrected chi connectivity index (χ2v) is 10.7. The van der Waals surface area contributed by atoms with E-state index in [2.05, 4.69) is 34.4 Å². The monoisotopic (exact) mass is 463 g/mol. The Hall–Kier alpha value is -2.99. The van der Waals surface area contributed by atoms with E-state index in [1.165, 1.54) is 0 Å². The molecular formula is C25H29N5O2S. The van der Waals surface area contributed by atoms with Crippen LogP contribution in [0.25, 0.3) is 0 Å². The van der Waals surface area contributed by atoms with Crippen LogP contribution in [0.4, 0.5) is 0 Å². The van der Waals surface area contributed by atoms with E-state index >= 15 is 0 Å². The maximum absolute atomic E-state index is 13.0. The summed E-state index contributed by atoms with van der Waals surface area (Å²) in [6.45, 7) is 6.50. The molecule has 1 aliphatic heterocycles. The van der Waals surface area contributed by atoms with Gasteiger partial charge in [0.15, 0.2) is 0 Å². The SMILES string of the molecule is CC1CN(S(=O)(=O)Cc2ccccc2)CC(C)N1Cc1cncn1Cc1ccc(C#N)cc1. The first-order valence-electron chi connectivity index (χ1n) is 11.1. The Labute approximate surface area is 196 Å². The smallest absolute Gasteiger partial charge is 0.218 e. The summed E-state index contributed by atoms with van der Waals surface area (Å²) in [6, 6.07) is 19.2.